The molecule has 1 unspecified atom stereocenters. The van der Waals surface area contributed by atoms with Crippen molar-refractivity contribution in [1.82, 2.24) is 4.90 Å². The molecule has 0 saturated carbocycles. The molecule has 6 rings (SSSR count). The molecule has 4 heterocycles. The smallest absolute Gasteiger partial charge is 0.313 e. The van der Waals surface area contributed by atoms with Crippen molar-refractivity contribution in [3.8, 4) is 0 Å². The van der Waals surface area contributed by atoms with Crippen LogP contribution in [0.5, 0.6) is 0 Å². The Hall–Kier alpha value is -3.49. The Morgan fingerprint density at radius 2 is 1.72 bits per heavy atom. The number of aliphatic hydroxyl groups excluding tert-OH is 1. The van der Waals surface area contributed by atoms with Gasteiger partial charge >= 0.3 is 5.97 Å². The second-order valence-corrected chi connectivity index (χ2v) is 12.2. The average Bonchev–Trinajstić information content (AvgIpc) is 3.37. The number of ether oxygens (including phenoxy) is 2. The number of carbonyl (C=O) groups excluding carboxylic acids is 3. The lowest BCUT2D eigenvalue weighted by molar-refractivity contribution is -0.160. The molecule has 2 fully saturated rings. The highest BCUT2D eigenvalue weighted by atomic mass is 16.6. The number of cyclic esters (lactones) is 1. The van der Waals surface area contributed by atoms with Crippen LogP contribution < -0.4 is 4.90 Å². The molecule has 2 aromatic rings. The summed E-state index contributed by atoms with van der Waals surface area (Å²) >= 11 is 0. The van der Waals surface area contributed by atoms with Crippen LogP contribution in [0.4, 0.5) is 5.69 Å². The molecule has 4 aliphatic rings. The number of hydrogen-bond donors (Lipinski definition) is 1. The number of rotatable bonds is 8. The molecule has 2 aromatic carbocycles. The highest BCUT2D eigenvalue weighted by Crippen LogP contribution is 2.58. The zero-order valence-corrected chi connectivity index (χ0v) is 25.0. The van der Waals surface area contributed by atoms with E-state index in [9.17, 15) is 19.5 Å². The number of nitrogens with zero attached hydrogens (tertiary/aromatic N) is 2. The highest BCUT2D eigenvalue weighted by molar-refractivity contribution is 6.06. The summed E-state index contributed by atoms with van der Waals surface area (Å²) < 4.78 is 12.8. The lowest BCUT2D eigenvalue weighted by atomic mass is 9.73. The van der Waals surface area contributed by atoms with E-state index in [4.69, 9.17) is 9.47 Å². The second kappa shape index (κ2) is 12.2. The van der Waals surface area contributed by atoms with E-state index < -0.39 is 35.0 Å². The number of fused-ring (bicyclic) bond motifs is 3. The molecule has 228 valence electrons. The van der Waals surface area contributed by atoms with Gasteiger partial charge in [0, 0.05) is 25.4 Å². The van der Waals surface area contributed by atoms with Crippen LogP contribution in [0, 0.1) is 11.8 Å². The molecule has 8 nitrogen and oxygen atoms in total. The zero-order chi connectivity index (χ0) is 30.0. The minimum Gasteiger partial charge on any atom is -0.465 e. The van der Waals surface area contributed by atoms with Crippen molar-refractivity contribution < 1.29 is 29.0 Å². The number of anilines is 1. The molecule has 0 aliphatic carbocycles. The zero-order valence-electron chi connectivity index (χ0n) is 25.0. The summed E-state index contributed by atoms with van der Waals surface area (Å²) in [5.41, 5.74) is -1.60. The fourth-order valence-corrected chi connectivity index (χ4v) is 7.60. The topological polar surface area (TPSA) is 96.4 Å². The van der Waals surface area contributed by atoms with Crippen LogP contribution in [0.15, 0.2) is 66.8 Å². The Labute approximate surface area is 253 Å². The number of carbonyl (C=O) groups is 3. The normalized spacial score (nSPS) is 31.4. The molecular formula is C35H42N2O6. The van der Waals surface area contributed by atoms with Crippen molar-refractivity contribution in [3.05, 3.63) is 66.8 Å². The quantitative estimate of drug-likeness (QED) is 0.268. The van der Waals surface area contributed by atoms with Gasteiger partial charge in [0.15, 0.2) is 0 Å². The molecule has 4 aliphatic heterocycles. The van der Waals surface area contributed by atoms with E-state index in [1.54, 1.807) is 9.80 Å². The van der Waals surface area contributed by atoms with Gasteiger partial charge in [-0.25, -0.2) is 0 Å². The summed E-state index contributed by atoms with van der Waals surface area (Å²) in [6, 6.07) is 13.1. The fourth-order valence-electron chi connectivity index (χ4n) is 7.60. The lowest BCUT2D eigenvalue weighted by Gasteiger charge is -2.38. The summed E-state index contributed by atoms with van der Waals surface area (Å²) in [4.78, 5) is 46.5. The molecule has 1 N–H and O–H groups in total. The fraction of sp³-hybridized carbons (Fsp3) is 0.514. The van der Waals surface area contributed by atoms with Crippen molar-refractivity contribution in [2.45, 2.75) is 75.5 Å². The lowest BCUT2D eigenvalue weighted by Crippen LogP contribution is -2.56. The molecule has 2 amide bonds. The van der Waals surface area contributed by atoms with E-state index in [0.29, 0.717) is 39.0 Å². The number of amides is 2. The van der Waals surface area contributed by atoms with Crippen LogP contribution in [-0.4, -0.2) is 71.3 Å². The van der Waals surface area contributed by atoms with Gasteiger partial charge in [-0.2, -0.15) is 0 Å². The number of hydrogen-bond acceptors (Lipinski definition) is 6. The maximum atomic E-state index is 14.8. The first-order valence-electron chi connectivity index (χ1n) is 15.9. The van der Waals surface area contributed by atoms with Crippen LogP contribution >= 0.6 is 0 Å². The summed E-state index contributed by atoms with van der Waals surface area (Å²) in [6.07, 6.45) is 13.8. The molecule has 43 heavy (non-hydrogen) atoms. The predicted molar refractivity (Wildman–Crippen MR) is 164 cm³/mol. The number of allylic oxidation sites excluding steroid dienone is 1. The molecule has 0 radical (unpaired) electrons. The Morgan fingerprint density at radius 3 is 2.53 bits per heavy atom. The van der Waals surface area contributed by atoms with Crippen molar-refractivity contribution in [2.24, 2.45) is 11.8 Å². The Kier molecular flexibility index (Phi) is 8.42. The third kappa shape index (κ3) is 5.08. The third-order valence-electron chi connectivity index (χ3n) is 9.73. The number of aliphatic hydroxyl groups is 1. The van der Waals surface area contributed by atoms with E-state index in [-0.39, 0.29) is 18.4 Å². The van der Waals surface area contributed by atoms with Crippen LogP contribution in [0.1, 0.15) is 58.3 Å². The van der Waals surface area contributed by atoms with Gasteiger partial charge in [-0.15, -0.1) is 0 Å². The number of benzene rings is 2. The molecule has 0 bridgehead atoms. The average molecular weight is 587 g/mol. The molecule has 5 atom stereocenters. The summed E-state index contributed by atoms with van der Waals surface area (Å²) in [5, 5.41) is 11.3. The van der Waals surface area contributed by atoms with E-state index in [2.05, 4.69) is 6.08 Å². The second-order valence-electron chi connectivity index (χ2n) is 12.2. The first-order chi connectivity index (χ1) is 21.0. The molecular weight excluding hydrogens is 544 g/mol. The largest absolute Gasteiger partial charge is 0.465 e. The minimum atomic E-state index is -1.30. The van der Waals surface area contributed by atoms with Gasteiger partial charge < -0.3 is 24.4 Å². The summed E-state index contributed by atoms with van der Waals surface area (Å²) in [5.74, 6) is -2.59. The summed E-state index contributed by atoms with van der Waals surface area (Å²) in [6.45, 7) is 3.10. The maximum absolute atomic E-state index is 14.8. The minimum absolute atomic E-state index is 0.130. The van der Waals surface area contributed by atoms with Gasteiger partial charge in [0.1, 0.15) is 23.2 Å². The first-order valence-corrected chi connectivity index (χ1v) is 15.9. The Balaban J connectivity index is 1.43. The van der Waals surface area contributed by atoms with E-state index in [1.807, 2.05) is 67.6 Å². The van der Waals surface area contributed by atoms with Gasteiger partial charge in [-0.1, -0.05) is 74.4 Å². The van der Waals surface area contributed by atoms with Crippen LogP contribution in [-0.2, 0) is 23.9 Å². The van der Waals surface area contributed by atoms with Gasteiger partial charge in [0.05, 0.1) is 12.5 Å². The molecule has 0 aromatic heterocycles. The Bertz CT molecular complexity index is 1440. The molecule has 1 spiro atoms. The third-order valence-corrected chi connectivity index (χ3v) is 9.73. The Morgan fingerprint density at radius 1 is 0.907 bits per heavy atom. The number of unbranched alkanes of at least 4 members (excludes halogenated alkanes) is 3. The van der Waals surface area contributed by atoms with Crippen LogP contribution in [0.3, 0.4) is 0 Å². The molecule has 8 heteroatoms. The van der Waals surface area contributed by atoms with Gasteiger partial charge in [0.25, 0.3) is 5.91 Å². The number of esters is 1. The maximum Gasteiger partial charge on any atom is 0.313 e. The monoisotopic (exact) mass is 586 g/mol. The van der Waals surface area contributed by atoms with Gasteiger partial charge in [-0.05, 0) is 61.4 Å². The van der Waals surface area contributed by atoms with Crippen molar-refractivity contribution >= 4 is 34.2 Å². The highest BCUT2D eigenvalue weighted by Gasteiger charge is 2.75. The van der Waals surface area contributed by atoms with Crippen molar-refractivity contribution in [3.63, 3.8) is 0 Å². The first kappa shape index (κ1) is 29.6. The standard InChI is InChI=1S/C35H42N2O6/c1-2-34-18-9-3-6-12-23-42-33(41)29(34)28-31(39)37(20-10-4-5-11-22-38)30-32(40)36(21-13-19-35(28,30)43-34)27-17-16-25-14-7-8-15-26(25)24-27/h7-9,13-19,24,28-30,38H,2-6,10-12,20-23H2,1H3/b18-9-/t28-,29+,30?,34-,35-/m0/s1. The van der Waals surface area contributed by atoms with E-state index in [1.165, 1.54) is 0 Å². The van der Waals surface area contributed by atoms with Crippen molar-refractivity contribution in [1.29, 1.82) is 0 Å². The van der Waals surface area contributed by atoms with Gasteiger partial charge in [-0.3, -0.25) is 14.4 Å². The van der Waals surface area contributed by atoms with Crippen LogP contribution in [0.25, 0.3) is 10.8 Å². The SMILES string of the molecule is CC[C@]12/C=C\CCCCOC(=O)[C@H]1[C@H]1C(=O)N(CCCCCCO)C3C(=O)N(c4ccc5ccccc5c4)CC=C[C@@]31O2. The molecule has 2 saturated heterocycles. The summed E-state index contributed by atoms with van der Waals surface area (Å²) in [7, 11) is 0. The number of likely N-dealkylation sites (tertiary alicyclic amines) is 1. The van der Waals surface area contributed by atoms with E-state index in [0.717, 1.165) is 48.6 Å². The predicted octanol–water partition coefficient (Wildman–Crippen LogP) is 4.94. The van der Waals surface area contributed by atoms with Gasteiger partial charge in [0.2, 0.25) is 5.91 Å². The van der Waals surface area contributed by atoms with E-state index >= 15 is 0 Å². The van der Waals surface area contributed by atoms with Crippen molar-refractivity contribution in [2.75, 3.05) is 31.2 Å². The van der Waals surface area contributed by atoms with Crippen LogP contribution in [0.2, 0.25) is 0 Å².